The number of aromatic nitrogens is 4. The highest BCUT2D eigenvalue weighted by molar-refractivity contribution is 5.95. The van der Waals surface area contributed by atoms with E-state index < -0.39 is 0 Å². The molecule has 0 saturated carbocycles. The molecule has 3 aromatic rings. The predicted octanol–water partition coefficient (Wildman–Crippen LogP) is 4.01. The van der Waals surface area contributed by atoms with Crippen LogP contribution in [0.25, 0.3) is 5.82 Å². The van der Waals surface area contributed by atoms with Gasteiger partial charge in [0.2, 0.25) is 5.91 Å². The fraction of sp³-hybridized carbons (Fsp3) is 0.385. The Morgan fingerprint density at radius 1 is 1.11 bits per heavy atom. The minimum absolute atomic E-state index is 0.0764. The Kier molecular flexibility index (Phi) is 6.39. The lowest BCUT2D eigenvalue weighted by atomic mass is 9.85. The van der Waals surface area contributed by atoms with Crippen molar-refractivity contribution in [2.75, 3.05) is 37.0 Å². The third-order valence-corrected chi connectivity index (χ3v) is 6.58. The first-order chi connectivity index (χ1) is 17.1. The summed E-state index contributed by atoms with van der Waals surface area (Å²) >= 11 is 0. The number of nitrogens with one attached hydrogen (secondary N) is 1. The quantitative estimate of drug-likeness (QED) is 0.517. The zero-order valence-corrected chi connectivity index (χ0v) is 20.2. The average molecular weight is 475 g/mol. The second-order valence-corrected chi connectivity index (χ2v) is 8.87. The fourth-order valence-corrected chi connectivity index (χ4v) is 4.89. The molecule has 182 valence electrons. The Balaban J connectivity index is 1.49. The number of aryl methyl sites for hydroxylation is 1. The van der Waals surface area contributed by atoms with Gasteiger partial charge in [-0.2, -0.15) is 9.78 Å². The van der Waals surface area contributed by atoms with Gasteiger partial charge in [-0.05, 0) is 56.0 Å². The minimum Gasteiger partial charge on any atom is -0.493 e. The van der Waals surface area contributed by atoms with Crippen LogP contribution in [0.1, 0.15) is 48.4 Å². The van der Waals surface area contributed by atoms with Crippen LogP contribution in [-0.2, 0) is 4.79 Å². The van der Waals surface area contributed by atoms with Crippen molar-refractivity contribution in [3.63, 3.8) is 0 Å². The summed E-state index contributed by atoms with van der Waals surface area (Å²) in [5, 5.41) is 16.6. The molecule has 9 nitrogen and oxygen atoms in total. The number of nitrogens with zero attached hydrogens (tertiary/aromatic N) is 5. The molecule has 0 radical (unpaired) electrons. The second kappa shape index (κ2) is 9.77. The highest BCUT2D eigenvalue weighted by Crippen LogP contribution is 2.42. The van der Waals surface area contributed by atoms with Crippen molar-refractivity contribution in [1.29, 1.82) is 0 Å². The number of carbonyl (C=O) groups is 1. The molecular weight excluding hydrogens is 444 g/mol. The van der Waals surface area contributed by atoms with Gasteiger partial charge in [-0.25, -0.2) is 0 Å². The van der Waals surface area contributed by atoms with Gasteiger partial charge in [0.1, 0.15) is 12.4 Å². The fourth-order valence-electron chi connectivity index (χ4n) is 4.89. The lowest BCUT2D eigenvalue weighted by Gasteiger charge is -2.27. The topological polar surface area (TPSA) is 94.4 Å². The molecule has 1 N–H and O–H groups in total. The normalized spacial score (nSPS) is 17.5. The van der Waals surface area contributed by atoms with Crippen LogP contribution < -0.4 is 19.7 Å². The molecular formula is C26H30N6O3. The summed E-state index contributed by atoms with van der Waals surface area (Å²) in [7, 11) is 1.61. The molecule has 4 heterocycles. The Morgan fingerprint density at radius 2 is 1.89 bits per heavy atom. The largest absolute Gasteiger partial charge is 0.493 e. The Labute approximate surface area is 204 Å². The number of hydrogen-bond donors (Lipinski definition) is 1. The molecule has 0 aliphatic carbocycles. The van der Waals surface area contributed by atoms with Gasteiger partial charge >= 0.3 is 0 Å². The van der Waals surface area contributed by atoms with E-state index in [1.807, 2.05) is 37.3 Å². The molecule has 9 heteroatoms. The zero-order chi connectivity index (χ0) is 24.4. The Hall–Kier alpha value is -3.88. The van der Waals surface area contributed by atoms with Gasteiger partial charge in [-0.1, -0.05) is 18.7 Å². The number of fused-ring (bicyclic) bond motifs is 1. The van der Waals surface area contributed by atoms with Gasteiger partial charge in [0.15, 0.2) is 23.1 Å². The van der Waals surface area contributed by atoms with E-state index in [1.165, 1.54) is 19.3 Å². The van der Waals surface area contributed by atoms with Crippen LogP contribution in [0.5, 0.6) is 11.5 Å². The van der Waals surface area contributed by atoms with Gasteiger partial charge in [0.05, 0.1) is 12.8 Å². The summed E-state index contributed by atoms with van der Waals surface area (Å²) in [6.45, 7) is 8.03. The molecule has 5 rings (SSSR count). The van der Waals surface area contributed by atoms with Crippen LogP contribution in [0.15, 0.2) is 43.0 Å². The van der Waals surface area contributed by atoms with Crippen LogP contribution in [0.2, 0.25) is 0 Å². The van der Waals surface area contributed by atoms with Crippen molar-refractivity contribution in [3.05, 3.63) is 59.8 Å². The van der Waals surface area contributed by atoms with Crippen LogP contribution in [-0.4, -0.2) is 52.7 Å². The molecule has 1 fully saturated rings. The number of hydrogen-bond acceptors (Lipinski definition) is 7. The van der Waals surface area contributed by atoms with Gasteiger partial charge < -0.3 is 19.7 Å². The number of anilines is 2. The highest BCUT2D eigenvalue weighted by Gasteiger charge is 2.33. The van der Waals surface area contributed by atoms with E-state index in [9.17, 15) is 4.79 Å². The van der Waals surface area contributed by atoms with Crippen LogP contribution in [0, 0.1) is 6.92 Å². The van der Waals surface area contributed by atoms with Crippen LogP contribution >= 0.6 is 0 Å². The lowest BCUT2D eigenvalue weighted by molar-refractivity contribution is -0.116. The Morgan fingerprint density at radius 3 is 2.60 bits per heavy atom. The van der Waals surface area contributed by atoms with E-state index in [4.69, 9.17) is 14.6 Å². The van der Waals surface area contributed by atoms with Crippen molar-refractivity contribution in [1.82, 2.24) is 20.0 Å². The molecule has 1 aromatic carbocycles. The molecule has 2 aliphatic rings. The molecule has 2 aromatic heterocycles. The number of benzene rings is 1. The van der Waals surface area contributed by atoms with Crippen molar-refractivity contribution in [2.45, 2.75) is 38.5 Å². The summed E-state index contributed by atoms with van der Waals surface area (Å²) < 4.78 is 12.9. The first kappa shape index (κ1) is 22.9. The van der Waals surface area contributed by atoms with Gasteiger partial charge in [-0.3, -0.25) is 4.79 Å². The monoisotopic (exact) mass is 474 g/mol. The molecule has 0 unspecified atom stereocenters. The van der Waals surface area contributed by atoms with Crippen molar-refractivity contribution in [2.24, 2.45) is 0 Å². The van der Waals surface area contributed by atoms with E-state index in [2.05, 4.69) is 27.0 Å². The molecule has 35 heavy (non-hydrogen) atoms. The summed E-state index contributed by atoms with van der Waals surface area (Å²) in [4.78, 5) is 15.0. The van der Waals surface area contributed by atoms with Gasteiger partial charge in [0.25, 0.3) is 0 Å². The molecule has 0 bridgehead atoms. The van der Waals surface area contributed by atoms with E-state index in [1.54, 1.807) is 17.9 Å². The van der Waals surface area contributed by atoms with Gasteiger partial charge in [-0.15, -0.1) is 10.2 Å². The first-order valence-corrected chi connectivity index (χ1v) is 12.0. The lowest BCUT2D eigenvalue weighted by Crippen LogP contribution is -2.30. The maximum Gasteiger partial charge on any atom is 0.226 e. The maximum atomic E-state index is 12.8. The number of amides is 1. The third kappa shape index (κ3) is 4.45. The summed E-state index contributed by atoms with van der Waals surface area (Å²) in [6, 6.07) is 9.65. The van der Waals surface area contributed by atoms with E-state index in [-0.39, 0.29) is 11.8 Å². The number of methoxy groups -OCH3 is 1. The smallest absolute Gasteiger partial charge is 0.226 e. The predicted molar refractivity (Wildman–Crippen MR) is 134 cm³/mol. The molecule has 1 saturated heterocycles. The SMILES string of the molecule is C=CCOc1ccc([C@@H]2CC(=O)Nc3c2c(C)nn3-c2ccc(N3CCCCC3)nn2)cc1OC. The standard InChI is InChI=1S/C26H30N6O3/c1-4-14-35-20-9-8-18(15-21(20)34-3)19-16-24(33)27-26-25(19)17(2)30-32(26)23-11-10-22(28-29-23)31-12-6-5-7-13-31/h4,8-11,15,19H,1,5-7,12-14,16H2,2-3H3,(H,27,33)/t19-/m0/s1. The van der Waals surface area contributed by atoms with Crippen molar-refractivity contribution >= 4 is 17.5 Å². The van der Waals surface area contributed by atoms with Gasteiger partial charge in [0, 0.05) is 31.0 Å². The van der Waals surface area contributed by atoms with E-state index >= 15 is 0 Å². The first-order valence-electron chi connectivity index (χ1n) is 12.0. The van der Waals surface area contributed by atoms with E-state index in [0.717, 1.165) is 35.7 Å². The van der Waals surface area contributed by atoms with Crippen molar-refractivity contribution < 1.29 is 14.3 Å². The number of carbonyl (C=O) groups excluding carboxylic acids is 1. The third-order valence-electron chi connectivity index (χ3n) is 6.58. The molecule has 1 amide bonds. The van der Waals surface area contributed by atoms with E-state index in [0.29, 0.717) is 36.2 Å². The van der Waals surface area contributed by atoms with Crippen LogP contribution in [0.4, 0.5) is 11.6 Å². The highest BCUT2D eigenvalue weighted by atomic mass is 16.5. The van der Waals surface area contributed by atoms with Crippen LogP contribution in [0.3, 0.4) is 0 Å². The average Bonchev–Trinajstić information content (AvgIpc) is 3.23. The number of piperidine rings is 1. The second-order valence-electron chi connectivity index (χ2n) is 8.87. The minimum atomic E-state index is -0.171. The number of ether oxygens (including phenoxy) is 2. The van der Waals surface area contributed by atoms with Crippen molar-refractivity contribution in [3.8, 4) is 17.3 Å². The number of rotatable bonds is 7. The summed E-state index contributed by atoms with van der Waals surface area (Å²) in [5.41, 5.74) is 2.75. The summed E-state index contributed by atoms with van der Waals surface area (Å²) in [6.07, 6.45) is 5.61. The Bertz CT molecular complexity index is 1230. The maximum absolute atomic E-state index is 12.8. The molecule has 1 atom stereocenters. The molecule has 2 aliphatic heterocycles. The molecule has 0 spiro atoms. The zero-order valence-electron chi connectivity index (χ0n) is 20.2. The summed E-state index contributed by atoms with van der Waals surface area (Å²) in [5.74, 6) is 3.08.